The van der Waals surface area contributed by atoms with Crippen LogP contribution in [0, 0.1) is 5.92 Å². The second-order valence-corrected chi connectivity index (χ2v) is 24.7. The molecule has 1 heterocycles. The summed E-state index contributed by atoms with van der Waals surface area (Å²) in [5.41, 5.74) is 0. The van der Waals surface area contributed by atoms with E-state index < -0.39 is 16.6 Å². The van der Waals surface area contributed by atoms with E-state index in [-0.39, 0.29) is 22.1 Å². The molecule has 0 amide bonds. The van der Waals surface area contributed by atoms with E-state index in [1.807, 2.05) is 6.92 Å². The van der Waals surface area contributed by atoms with Gasteiger partial charge in [-0.05, 0) is 68.9 Å². The van der Waals surface area contributed by atoms with E-state index in [0.29, 0.717) is 24.8 Å². The smallest absolute Gasteiger partial charge is 0.192 e. The second kappa shape index (κ2) is 15.3. The number of aliphatic hydroxyl groups is 1. The largest absolute Gasteiger partial charge is 0.416 e. The van der Waals surface area contributed by atoms with Gasteiger partial charge >= 0.3 is 0 Å². The maximum absolute atomic E-state index is 10.7. The molecule has 4 nitrogen and oxygen atoms in total. The predicted molar refractivity (Wildman–Crippen MR) is 168 cm³/mol. The van der Waals surface area contributed by atoms with Crippen LogP contribution in [0.15, 0.2) is 0 Å². The Hall–Kier alpha value is 0.274. The minimum absolute atomic E-state index is 0.141. The van der Waals surface area contributed by atoms with Crippen molar-refractivity contribution in [3.63, 3.8) is 0 Å². The minimum Gasteiger partial charge on any atom is -0.416 e. The molecule has 0 aromatic rings. The lowest BCUT2D eigenvalue weighted by Gasteiger charge is -2.40. The molecule has 0 aromatic heterocycles. The van der Waals surface area contributed by atoms with Gasteiger partial charge in [0.15, 0.2) is 16.6 Å². The van der Waals surface area contributed by atoms with Crippen LogP contribution in [0.2, 0.25) is 36.3 Å². The van der Waals surface area contributed by atoms with Crippen LogP contribution in [-0.4, -0.2) is 52.6 Å². The minimum atomic E-state index is -1.84. The summed E-state index contributed by atoms with van der Waals surface area (Å²) in [5, 5.41) is 15.0. The number of rotatable bonds is 17. The fourth-order valence-electron chi connectivity index (χ4n) is 4.95. The van der Waals surface area contributed by atoms with Crippen molar-refractivity contribution in [1.29, 1.82) is 0 Å². The van der Waals surface area contributed by atoms with Crippen molar-refractivity contribution in [2.24, 2.45) is 5.92 Å². The molecule has 1 aliphatic rings. The van der Waals surface area contributed by atoms with Gasteiger partial charge in [-0.2, -0.15) is 0 Å². The first-order valence-corrected chi connectivity index (χ1v) is 21.5. The van der Waals surface area contributed by atoms with Crippen LogP contribution in [0.1, 0.15) is 126 Å². The van der Waals surface area contributed by atoms with E-state index in [9.17, 15) is 5.11 Å². The summed E-state index contributed by atoms with van der Waals surface area (Å²) >= 11 is 0. The molecule has 2 N–H and O–H groups in total. The molecule has 1 rings (SSSR count). The Morgan fingerprint density at radius 2 is 1.38 bits per heavy atom. The van der Waals surface area contributed by atoms with Gasteiger partial charge in [-0.3, -0.25) is 0 Å². The van der Waals surface area contributed by atoms with Crippen molar-refractivity contribution in [2.45, 2.75) is 187 Å². The van der Waals surface area contributed by atoms with E-state index in [0.717, 1.165) is 12.8 Å². The van der Waals surface area contributed by atoms with Gasteiger partial charge in [0.1, 0.15) is 0 Å². The van der Waals surface area contributed by atoms with Crippen LogP contribution < -0.4 is 5.32 Å². The Balaban J connectivity index is 2.76. The highest BCUT2D eigenvalue weighted by molar-refractivity contribution is 6.74. The van der Waals surface area contributed by atoms with Crippen LogP contribution in [0.4, 0.5) is 0 Å². The zero-order chi connectivity index (χ0) is 28.5. The highest BCUT2D eigenvalue weighted by atomic mass is 28.4. The zero-order valence-electron chi connectivity index (χ0n) is 27.1. The van der Waals surface area contributed by atoms with E-state index in [4.69, 9.17) is 8.85 Å². The van der Waals surface area contributed by atoms with E-state index in [1.54, 1.807) is 0 Å². The maximum atomic E-state index is 10.7. The lowest BCUT2D eigenvalue weighted by molar-refractivity contribution is 0.0624. The van der Waals surface area contributed by atoms with E-state index in [1.165, 1.54) is 57.8 Å². The van der Waals surface area contributed by atoms with Crippen molar-refractivity contribution in [1.82, 2.24) is 5.32 Å². The van der Waals surface area contributed by atoms with Crippen molar-refractivity contribution in [3.05, 3.63) is 0 Å². The molecule has 1 fully saturated rings. The van der Waals surface area contributed by atoms with Crippen LogP contribution in [0.5, 0.6) is 0 Å². The van der Waals surface area contributed by atoms with Crippen molar-refractivity contribution in [2.75, 3.05) is 6.61 Å². The van der Waals surface area contributed by atoms with Crippen molar-refractivity contribution in [3.8, 4) is 0 Å². The molecule has 6 heteroatoms. The van der Waals surface area contributed by atoms with Crippen LogP contribution in [0.3, 0.4) is 0 Å². The zero-order valence-corrected chi connectivity index (χ0v) is 29.1. The topological polar surface area (TPSA) is 50.7 Å². The third-order valence-corrected chi connectivity index (χ3v) is 18.8. The molecule has 0 unspecified atom stereocenters. The molecule has 37 heavy (non-hydrogen) atoms. The van der Waals surface area contributed by atoms with E-state index >= 15 is 0 Å². The van der Waals surface area contributed by atoms with Gasteiger partial charge in [0, 0.05) is 30.7 Å². The fraction of sp³-hybridized carbons (Fsp3) is 1.00. The molecule has 222 valence electrons. The summed E-state index contributed by atoms with van der Waals surface area (Å²) in [7, 11) is -3.65. The Morgan fingerprint density at radius 3 is 1.89 bits per heavy atom. The van der Waals surface area contributed by atoms with Gasteiger partial charge in [-0.1, -0.05) is 93.4 Å². The summed E-state index contributed by atoms with van der Waals surface area (Å²) in [6.45, 7) is 28.2. The molecule has 0 spiro atoms. The third-order valence-electron chi connectivity index (χ3n) is 9.80. The lowest BCUT2D eigenvalue weighted by atomic mass is 9.94. The van der Waals surface area contributed by atoms with Gasteiger partial charge in [-0.25, -0.2) is 0 Å². The number of unbranched alkanes of at least 4 members (excludes halogenated alkanes) is 6. The Kier molecular flexibility index (Phi) is 14.6. The van der Waals surface area contributed by atoms with Gasteiger partial charge in [0.25, 0.3) is 0 Å². The third kappa shape index (κ3) is 12.1. The average Bonchev–Trinajstić information content (AvgIpc) is 3.18. The van der Waals surface area contributed by atoms with Gasteiger partial charge in [0.05, 0.1) is 6.10 Å². The second-order valence-electron chi connectivity index (χ2n) is 15.2. The fourth-order valence-corrected chi connectivity index (χ4v) is 7.39. The summed E-state index contributed by atoms with van der Waals surface area (Å²) < 4.78 is 13.6. The van der Waals surface area contributed by atoms with Crippen molar-refractivity contribution < 1.29 is 14.0 Å². The molecule has 5 atom stereocenters. The van der Waals surface area contributed by atoms with Crippen LogP contribution in [-0.2, 0) is 8.85 Å². The predicted octanol–water partition coefficient (Wildman–Crippen LogP) is 9.05. The van der Waals surface area contributed by atoms with Crippen LogP contribution in [0.25, 0.3) is 0 Å². The summed E-state index contributed by atoms with van der Waals surface area (Å²) in [6.07, 6.45) is 13.9. The van der Waals surface area contributed by atoms with Gasteiger partial charge in [-0.15, -0.1) is 0 Å². The van der Waals surface area contributed by atoms with Gasteiger partial charge in [0.2, 0.25) is 0 Å². The quantitative estimate of drug-likeness (QED) is 0.138. The van der Waals surface area contributed by atoms with E-state index in [2.05, 4.69) is 80.0 Å². The normalized spacial score (nSPS) is 22.3. The first-order chi connectivity index (χ1) is 16.9. The maximum Gasteiger partial charge on any atom is 0.192 e. The molecule has 0 aliphatic carbocycles. The Morgan fingerprint density at radius 1 is 0.838 bits per heavy atom. The number of hydrogen-bond acceptors (Lipinski definition) is 4. The van der Waals surface area contributed by atoms with Gasteiger partial charge < -0.3 is 19.3 Å². The number of hydrogen-bond donors (Lipinski definition) is 2. The van der Waals surface area contributed by atoms with Crippen LogP contribution >= 0.6 is 0 Å². The Bertz CT molecular complexity index is 625. The monoisotopic (exact) mass is 557 g/mol. The first kappa shape index (κ1) is 35.3. The highest BCUT2D eigenvalue weighted by Crippen LogP contribution is 2.40. The molecule has 0 bridgehead atoms. The first-order valence-electron chi connectivity index (χ1n) is 15.7. The average molecular weight is 558 g/mol. The molecule has 0 radical (unpaired) electrons. The lowest BCUT2D eigenvalue weighted by Crippen LogP contribution is -2.48. The number of aliphatic hydroxyl groups excluding tert-OH is 1. The molecule has 0 saturated carbocycles. The SMILES string of the molecule is CCCCCCCCC[C@@H](C[C@@H]1CC[C@@H]([C@@H](CO[Si](C)(C)C(C)(C)C)[C@@H](C)O)N1)O[Si](C)(C)C(C)(C)C. The summed E-state index contributed by atoms with van der Waals surface area (Å²) in [5.74, 6) is 0.141. The Labute approximate surface area is 234 Å². The summed E-state index contributed by atoms with van der Waals surface area (Å²) in [6, 6.07) is 0.792. The summed E-state index contributed by atoms with van der Waals surface area (Å²) in [4.78, 5) is 0. The molecule has 1 saturated heterocycles. The molecule has 0 aromatic carbocycles. The highest BCUT2D eigenvalue weighted by Gasteiger charge is 2.42. The molecular formula is C31H67NO3Si2. The van der Waals surface area contributed by atoms with Crippen molar-refractivity contribution >= 4 is 16.6 Å². The number of nitrogens with one attached hydrogen (secondary N) is 1. The standard InChI is InChI=1S/C31H67NO3Si2/c1-13-14-15-16-17-18-19-20-27(35-37(11,12)31(6,7)8)23-26-21-22-29(32-26)28(25(2)33)24-34-36(9,10)30(3,4)5/h25-29,32-33H,13-24H2,1-12H3/t25-,26+,27+,28+,29+/m1/s1. The molecule has 1 aliphatic heterocycles. The molecular weight excluding hydrogens is 491 g/mol.